The van der Waals surface area contributed by atoms with E-state index in [1.807, 2.05) is 0 Å². The molecule has 328 valence electrons. The number of hydrogen-bond donors (Lipinski definition) is 7. The minimum atomic E-state index is -1.70. The van der Waals surface area contributed by atoms with Gasteiger partial charge in [0.1, 0.15) is 54.9 Å². The quantitative estimate of drug-likeness (QED) is 0.0290. The highest BCUT2D eigenvalue weighted by molar-refractivity contribution is 5.69. The SMILES string of the molecule is CCCC/C=C\C/C=C\CCCCCCCC(=O)OC(COCCCCCCCCCC)COC1OC(COC2OC(CO)C(O)C(O)C2O)C(O)C(O)C1O. The van der Waals surface area contributed by atoms with Gasteiger partial charge in [-0.3, -0.25) is 4.79 Å². The lowest BCUT2D eigenvalue weighted by Gasteiger charge is -2.42. The molecule has 0 aromatic carbocycles. The van der Waals surface area contributed by atoms with Gasteiger partial charge < -0.3 is 64.2 Å². The Kier molecular flexibility index (Phi) is 28.4. The molecule has 11 unspecified atom stereocenters. The highest BCUT2D eigenvalue weighted by Crippen LogP contribution is 2.26. The summed E-state index contributed by atoms with van der Waals surface area (Å²) in [4.78, 5) is 12.9. The van der Waals surface area contributed by atoms with Gasteiger partial charge >= 0.3 is 5.97 Å². The van der Waals surface area contributed by atoms with Crippen LogP contribution in [0.1, 0.15) is 136 Å². The first kappa shape index (κ1) is 50.6. The van der Waals surface area contributed by atoms with Crippen molar-refractivity contribution in [2.75, 3.05) is 33.0 Å². The maximum absolute atomic E-state index is 12.9. The van der Waals surface area contributed by atoms with Gasteiger partial charge in [-0.15, -0.1) is 0 Å². The van der Waals surface area contributed by atoms with Gasteiger partial charge in [0.2, 0.25) is 0 Å². The largest absolute Gasteiger partial charge is 0.457 e. The lowest BCUT2D eigenvalue weighted by Crippen LogP contribution is -2.61. The van der Waals surface area contributed by atoms with E-state index < -0.39 is 86.7 Å². The van der Waals surface area contributed by atoms with Gasteiger partial charge in [-0.1, -0.05) is 115 Å². The molecule has 14 heteroatoms. The third-order valence-electron chi connectivity index (χ3n) is 10.2. The summed E-state index contributed by atoms with van der Waals surface area (Å²) in [5, 5.41) is 71.7. The van der Waals surface area contributed by atoms with Crippen molar-refractivity contribution in [3.63, 3.8) is 0 Å². The van der Waals surface area contributed by atoms with E-state index in [2.05, 4.69) is 38.2 Å². The first-order valence-electron chi connectivity index (χ1n) is 21.4. The summed E-state index contributed by atoms with van der Waals surface area (Å²) in [6.07, 6.45) is 12.6. The summed E-state index contributed by atoms with van der Waals surface area (Å²) in [5.41, 5.74) is 0. The van der Waals surface area contributed by atoms with E-state index >= 15 is 0 Å². The molecule has 0 saturated carbocycles. The van der Waals surface area contributed by atoms with Crippen LogP contribution < -0.4 is 0 Å². The molecule has 0 radical (unpaired) electrons. The number of unbranched alkanes of at least 4 members (excludes halogenated alkanes) is 14. The Morgan fingerprint density at radius 2 is 1.12 bits per heavy atom. The minimum Gasteiger partial charge on any atom is -0.457 e. The minimum absolute atomic E-state index is 0.0575. The highest BCUT2D eigenvalue weighted by Gasteiger charge is 2.47. The van der Waals surface area contributed by atoms with Crippen LogP contribution in [0, 0.1) is 0 Å². The maximum Gasteiger partial charge on any atom is 0.306 e. The fraction of sp³-hybridized carbons (Fsp3) is 0.881. The molecule has 11 atom stereocenters. The average molecular weight is 805 g/mol. The predicted octanol–water partition coefficient (Wildman–Crippen LogP) is 4.12. The topological polar surface area (TPSA) is 214 Å². The van der Waals surface area contributed by atoms with Crippen LogP contribution in [0.3, 0.4) is 0 Å². The number of allylic oxidation sites excluding steroid dienone is 4. The van der Waals surface area contributed by atoms with Crippen molar-refractivity contribution < 1.29 is 69.0 Å². The van der Waals surface area contributed by atoms with Crippen molar-refractivity contribution in [1.82, 2.24) is 0 Å². The fourth-order valence-electron chi connectivity index (χ4n) is 6.59. The Hall–Kier alpha value is -1.53. The zero-order valence-corrected chi connectivity index (χ0v) is 34.1. The second-order valence-electron chi connectivity index (χ2n) is 15.2. The van der Waals surface area contributed by atoms with Crippen molar-refractivity contribution in [3.8, 4) is 0 Å². The van der Waals surface area contributed by atoms with Gasteiger partial charge in [-0.2, -0.15) is 0 Å². The zero-order valence-electron chi connectivity index (χ0n) is 34.1. The molecular formula is C42H76O14. The van der Waals surface area contributed by atoms with E-state index in [1.54, 1.807) is 0 Å². The van der Waals surface area contributed by atoms with Crippen LogP contribution in [0.25, 0.3) is 0 Å². The molecule has 56 heavy (non-hydrogen) atoms. The summed E-state index contributed by atoms with van der Waals surface area (Å²) < 4.78 is 34.0. The monoisotopic (exact) mass is 805 g/mol. The number of esters is 1. The van der Waals surface area contributed by atoms with Crippen molar-refractivity contribution >= 4 is 5.97 Å². The molecule has 0 aromatic rings. The third-order valence-corrected chi connectivity index (χ3v) is 10.2. The van der Waals surface area contributed by atoms with Crippen LogP contribution in [0.15, 0.2) is 24.3 Å². The van der Waals surface area contributed by atoms with Gasteiger partial charge in [0.15, 0.2) is 12.6 Å². The first-order valence-corrected chi connectivity index (χ1v) is 21.4. The van der Waals surface area contributed by atoms with E-state index in [-0.39, 0.29) is 19.6 Å². The molecule has 0 amide bonds. The highest BCUT2D eigenvalue weighted by atomic mass is 16.7. The van der Waals surface area contributed by atoms with Crippen LogP contribution in [0.5, 0.6) is 0 Å². The number of aliphatic hydroxyl groups excluding tert-OH is 7. The van der Waals surface area contributed by atoms with Crippen LogP contribution >= 0.6 is 0 Å². The summed E-state index contributed by atoms with van der Waals surface area (Å²) in [5.74, 6) is -0.393. The first-order chi connectivity index (χ1) is 27.1. The summed E-state index contributed by atoms with van der Waals surface area (Å²) in [6, 6.07) is 0. The molecule has 2 aliphatic rings. The Morgan fingerprint density at radius 1 is 0.589 bits per heavy atom. The lowest BCUT2D eigenvalue weighted by molar-refractivity contribution is -0.332. The second-order valence-corrected chi connectivity index (χ2v) is 15.2. The average Bonchev–Trinajstić information content (AvgIpc) is 3.19. The van der Waals surface area contributed by atoms with Crippen LogP contribution in [-0.4, -0.2) is 142 Å². The number of carbonyl (C=O) groups excluding carboxylic acids is 1. The smallest absolute Gasteiger partial charge is 0.306 e. The second kappa shape index (κ2) is 31.4. The Labute approximate surface area is 335 Å². The van der Waals surface area contributed by atoms with Gasteiger partial charge in [-0.25, -0.2) is 0 Å². The lowest BCUT2D eigenvalue weighted by atomic mass is 9.98. The van der Waals surface area contributed by atoms with Gasteiger partial charge in [-0.05, 0) is 38.5 Å². The Bertz CT molecular complexity index is 1030. The molecule has 0 spiro atoms. The number of aliphatic hydroxyl groups is 7. The normalized spacial score (nSPS) is 29.0. The molecule has 2 aliphatic heterocycles. The van der Waals surface area contributed by atoms with Crippen molar-refractivity contribution in [2.45, 2.75) is 203 Å². The van der Waals surface area contributed by atoms with Gasteiger partial charge in [0, 0.05) is 13.0 Å². The molecule has 2 fully saturated rings. The number of carbonyl (C=O) groups is 1. The zero-order chi connectivity index (χ0) is 41.0. The molecular weight excluding hydrogens is 728 g/mol. The fourth-order valence-corrected chi connectivity index (χ4v) is 6.59. The van der Waals surface area contributed by atoms with Gasteiger partial charge in [0.05, 0.1) is 26.4 Å². The van der Waals surface area contributed by atoms with Crippen LogP contribution in [0.4, 0.5) is 0 Å². The van der Waals surface area contributed by atoms with E-state index in [9.17, 15) is 40.5 Å². The molecule has 0 aliphatic carbocycles. The molecule has 2 rings (SSSR count). The van der Waals surface area contributed by atoms with Crippen molar-refractivity contribution in [1.29, 1.82) is 0 Å². The number of hydrogen-bond acceptors (Lipinski definition) is 14. The molecule has 0 aromatic heterocycles. The predicted molar refractivity (Wildman–Crippen MR) is 210 cm³/mol. The van der Waals surface area contributed by atoms with Crippen molar-refractivity contribution in [2.24, 2.45) is 0 Å². The van der Waals surface area contributed by atoms with E-state index in [0.29, 0.717) is 13.0 Å². The number of ether oxygens (including phenoxy) is 6. The summed E-state index contributed by atoms with van der Waals surface area (Å²) >= 11 is 0. The molecule has 14 nitrogen and oxygen atoms in total. The maximum atomic E-state index is 12.9. The van der Waals surface area contributed by atoms with E-state index in [0.717, 1.165) is 64.2 Å². The van der Waals surface area contributed by atoms with Crippen LogP contribution in [0.2, 0.25) is 0 Å². The van der Waals surface area contributed by atoms with Crippen molar-refractivity contribution in [3.05, 3.63) is 24.3 Å². The van der Waals surface area contributed by atoms with Gasteiger partial charge in [0.25, 0.3) is 0 Å². The molecule has 7 N–H and O–H groups in total. The van der Waals surface area contributed by atoms with E-state index in [4.69, 9.17) is 28.4 Å². The molecule has 0 bridgehead atoms. The van der Waals surface area contributed by atoms with E-state index in [1.165, 1.54) is 44.9 Å². The number of rotatable bonds is 32. The third kappa shape index (κ3) is 20.4. The Morgan fingerprint density at radius 3 is 1.77 bits per heavy atom. The Balaban J connectivity index is 1.83. The molecule has 2 heterocycles. The molecule has 2 saturated heterocycles. The summed E-state index contributed by atoms with van der Waals surface area (Å²) in [7, 11) is 0. The standard InChI is InChI=1S/C42H76O14/c1-3-5-7-9-11-13-14-15-16-17-18-19-21-23-25-34(44)54-31(28-51-26-24-22-20-12-10-8-6-4-2)29-52-41-40(50)38(48)36(46)33(56-41)30-53-42-39(49)37(47)35(45)32(27-43)55-42/h9,11,14-15,31-33,35-43,45-50H,3-8,10,12-13,16-30H2,1-2H3/b11-9-,15-14-. The van der Waals surface area contributed by atoms with Crippen LogP contribution in [-0.2, 0) is 33.2 Å². The summed E-state index contributed by atoms with van der Waals surface area (Å²) in [6.45, 7) is 3.57.